The minimum absolute atomic E-state index is 0.0141. The Labute approximate surface area is 110 Å². The second-order valence-electron chi connectivity index (χ2n) is 3.94. The zero-order valence-electron chi connectivity index (χ0n) is 10.2. The smallest absolute Gasteiger partial charge is 0.155 e. The van der Waals surface area contributed by atoms with Crippen molar-refractivity contribution < 1.29 is 4.79 Å². The number of rotatable bonds is 6. The lowest BCUT2D eigenvalue weighted by molar-refractivity contribution is -0.119. The molecule has 0 bridgehead atoms. The fourth-order valence-electron chi connectivity index (χ4n) is 1.65. The van der Waals surface area contributed by atoms with E-state index in [4.69, 9.17) is 5.73 Å². The molecular formula is C12H18BrN3O. The summed E-state index contributed by atoms with van der Waals surface area (Å²) in [5, 5.41) is 4.34. The fourth-order valence-corrected chi connectivity index (χ4v) is 2.07. The van der Waals surface area contributed by atoms with Gasteiger partial charge in [-0.15, -0.1) is 6.58 Å². The van der Waals surface area contributed by atoms with E-state index < -0.39 is 6.04 Å². The Hall–Kier alpha value is -0.940. The Kier molecular flexibility index (Phi) is 5.08. The maximum Gasteiger partial charge on any atom is 0.155 e. The van der Waals surface area contributed by atoms with Crippen LogP contribution in [0.4, 0.5) is 0 Å². The maximum absolute atomic E-state index is 11.9. The molecule has 0 radical (unpaired) electrons. The fraction of sp³-hybridized carbons (Fsp3) is 0.500. The normalized spacial score (nSPS) is 12.5. The molecule has 0 aliphatic heterocycles. The van der Waals surface area contributed by atoms with Crippen LogP contribution >= 0.6 is 15.9 Å². The van der Waals surface area contributed by atoms with Crippen molar-refractivity contribution in [2.45, 2.75) is 39.3 Å². The quantitative estimate of drug-likeness (QED) is 0.817. The highest BCUT2D eigenvalue weighted by Crippen LogP contribution is 2.22. The summed E-state index contributed by atoms with van der Waals surface area (Å²) in [6.07, 6.45) is 2.49. The van der Waals surface area contributed by atoms with Crippen LogP contribution in [0.25, 0.3) is 0 Å². The van der Waals surface area contributed by atoms with E-state index in [-0.39, 0.29) is 5.78 Å². The monoisotopic (exact) mass is 299 g/mol. The van der Waals surface area contributed by atoms with Crippen LogP contribution in [-0.4, -0.2) is 21.6 Å². The number of halogens is 1. The lowest BCUT2D eigenvalue weighted by atomic mass is 10.1. The molecule has 1 unspecified atom stereocenters. The van der Waals surface area contributed by atoms with E-state index in [2.05, 4.69) is 27.6 Å². The summed E-state index contributed by atoms with van der Waals surface area (Å²) in [4.78, 5) is 11.9. The lowest BCUT2D eigenvalue weighted by Crippen LogP contribution is -2.31. The number of hydrogen-bond donors (Lipinski definition) is 1. The van der Waals surface area contributed by atoms with Crippen LogP contribution in [0.1, 0.15) is 24.7 Å². The van der Waals surface area contributed by atoms with Crippen molar-refractivity contribution in [3.05, 3.63) is 28.5 Å². The van der Waals surface area contributed by atoms with E-state index in [0.29, 0.717) is 12.8 Å². The van der Waals surface area contributed by atoms with Crippen molar-refractivity contribution in [3.8, 4) is 0 Å². The van der Waals surface area contributed by atoms with E-state index in [1.165, 1.54) is 0 Å². The molecule has 0 aliphatic carbocycles. The SMILES string of the molecule is C=CCC(N)C(=O)Cc1c(Br)c(C)nn1CC. The standard InChI is InChI=1S/C12H18BrN3O/c1-4-6-9(14)11(17)7-10-12(13)8(3)15-16(10)5-2/h4,9H,1,5-7,14H2,2-3H3. The highest BCUT2D eigenvalue weighted by atomic mass is 79.9. The summed E-state index contributed by atoms with van der Waals surface area (Å²) >= 11 is 3.46. The average Bonchev–Trinajstić information content (AvgIpc) is 2.57. The molecule has 0 aliphatic rings. The average molecular weight is 300 g/mol. The minimum atomic E-state index is -0.472. The highest BCUT2D eigenvalue weighted by Gasteiger charge is 2.19. The third-order valence-electron chi connectivity index (χ3n) is 2.63. The van der Waals surface area contributed by atoms with Crippen LogP contribution in [0.5, 0.6) is 0 Å². The van der Waals surface area contributed by atoms with Gasteiger partial charge in [0.15, 0.2) is 5.78 Å². The molecule has 1 atom stereocenters. The van der Waals surface area contributed by atoms with Gasteiger partial charge in [0.2, 0.25) is 0 Å². The summed E-state index contributed by atoms with van der Waals surface area (Å²) in [5.74, 6) is 0.0141. The minimum Gasteiger partial charge on any atom is -0.321 e. The summed E-state index contributed by atoms with van der Waals surface area (Å²) in [5.41, 5.74) is 7.55. The van der Waals surface area contributed by atoms with Gasteiger partial charge in [0.05, 0.1) is 28.3 Å². The van der Waals surface area contributed by atoms with Gasteiger partial charge in [-0.05, 0) is 36.2 Å². The van der Waals surface area contributed by atoms with Gasteiger partial charge >= 0.3 is 0 Å². The molecule has 0 amide bonds. The number of carbonyl (C=O) groups excluding carboxylic acids is 1. The summed E-state index contributed by atoms with van der Waals surface area (Å²) in [7, 11) is 0. The van der Waals surface area contributed by atoms with Gasteiger partial charge in [0.1, 0.15) is 0 Å². The third-order valence-corrected chi connectivity index (χ3v) is 3.66. The van der Waals surface area contributed by atoms with Gasteiger partial charge in [-0.25, -0.2) is 0 Å². The van der Waals surface area contributed by atoms with E-state index in [1.807, 2.05) is 18.5 Å². The molecule has 0 fully saturated rings. The van der Waals surface area contributed by atoms with Crippen molar-refractivity contribution in [3.63, 3.8) is 0 Å². The number of nitrogens with zero attached hydrogens (tertiary/aromatic N) is 2. The zero-order valence-corrected chi connectivity index (χ0v) is 11.8. The first-order valence-electron chi connectivity index (χ1n) is 5.62. The molecule has 1 aromatic heterocycles. The van der Waals surface area contributed by atoms with Crippen LogP contribution in [0.2, 0.25) is 0 Å². The van der Waals surface area contributed by atoms with Gasteiger partial charge in [-0.1, -0.05) is 6.08 Å². The van der Waals surface area contributed by atoms with E-state index in [9.17, 15) is 4.79 Å². The second kappa shape index (κ2) is 6.12. The molecule has 4 nitrogen and oxygen atoms in total. The van der Waals surface area contributed by atoms with Crippen molar-refractivity contribution in [2.75, 3.05) is 0 Å². The van der Waals surface area contributed by atoms with Crippen LogP contribution in [-0.2, 0) is 17.8 Å². The highest BCUT2D eigenvalue weighted by molar-refractivity contribution is 9.10. The van der Waals surface area contributed by atoms with Crippen LogP contribution < -0.4 is 5.73 Å². The number of carbonyl (C=O) groups is 1. The van der Waals surface area contributed by atoms with E-state index in [0.717, 1.165) is 22.4 Å². The Bertz CT molecular complexity index is 426. The summed E-state index contributed by atoms with van der Waals surface area (Å²) in [6.45, 7) is 8.24. The number of hydrogen-bond acceptors (Lipinski definition) is 3. The predicted octanol–water partition coefficient (Wildman–Crippen LogP) is 1.99. The zero-order chi connectivity index (χ0) is 13.0. The van der Waals surface area contributed by atoms with E-state index in [1.54, 1.807) is 6.08 Å². The van der Waals surface area contributed by atoms with Gasteiger partial charge < -0.3 is 5.73 Å². The maximum atomic E-state index is 11.9. The molecule has 1 heterocycles. The van der Waals surface area contributed by atoms with Crippen molar-refractivity contribution in [2.24, 2.45) is 5.73 Å². The number of aryl methyl sites for hydroxylation is 2. The van der Waals surface area contributed by atoms with Crippen LogP contribution in [0.3, 0.4) is 0 Å². The van der Waals surface area contributed by atoms with Gasteiger partial charge in [-0.2, -0.15) is 5.10 Å². The predicted molar refractivity (Wildman–Crippen MR) is 71.8 cm³/mol. The molecule has 94 valence electrons. The second-order valence-corrected chi connectivity index (χ2v) is 4.73. The molecule has 0 saturated heterocycles. The number of nitrogens with two attached hydrogens (primary N) is 1. The van der Waals surface area contributed by atoms with Crippen molar-refractivity contribution in [1.29, 1.82) is 0 Å². The van der Waals surface area contributed by atoms with E-state index >= 15 is 0 Å². The first kappa shape index (κ1) is 14.1. The Balaban J connectivity index is 2.87. The Morgan fingerprint density at radius 3 is 2.88 bits per heavy atom. The van der Waals surface area contributed by atoms with Crippen molar-refractivity contribution >= 4 is 21.7 Å². The Morgan fingerprint density at radius 2 is 2.35 bits per heavy atom. The van der Waals surface area contributed by atoms with Crippen LogP contribution in [0.15, 0.2) is 17.1 Å². The molecule has 0 saturated carbocycles. The lowest BCUT2D eigenvalue weighted by Gasteiger charge is -2.09. The topological polar surface area (TPSA) is 60.9 Å². The number of ketones is 1. The van der Waals surface area contributed by atoms with Gasteiger partial charge in [-0.3, -0.25) is 9.48 Å². The molecule has 17 heavy (non-hydrogen) atoms. The third kappa shape index (κ3) is 3.26. The first-order chi connectivity index (χ1) is 8.01. The molecular weight excluding hydrogens is 282 g/mol. The van der Waals surface area contributed by atoms with Gasteiger partial charge in [0, 0.05) is 6.54 Å². The van der Waals surface area contributed by atoms with Crippen molar-refractivity contribution in [1.82, 2.24) is 9.78 Å². The molecule has 2 N–H and O–H groups in total. The largest absolute Gasteiger partial charge is 0.321 e. The number of aromatic nitrogens is 2. The van der Waals surface area contributed by atoms with Gasteiger partial charge in [0.25, 0.3) is 0 Å². The Morgan fingerprint density at radius 1 is 1.71 bits per heavy atom. The number of Topliss-reactive ketones (excluding diaryl/α,β-unsaturated/α-hetero) is 1. The first-order valence-corrected chi connectivity index (χ1v) is 6.41. The molecule has 5 heteroatoms. The molecule has 1 rings (SSSR count). The molecule has 0 aromatic carbocycles. The molecule has 1 aromatic rings. The summed E-state index contributed by atoms with van der Waals surface area (Å²) < 4.78 is 2.73. The molecule has 0 spiro atoms. The van der Waals surface area contributed by atoms with Crippen LogP contribution in [0, 0.1) is 6.92 Å². The summed E-state index contributed by atoms with van der Waals surface area (Å²) in [6, 6.07) is -0.472.